The lowest BCUT2D eigenvalue weighted by molar-refractivity contribution is 0.415. The Kier molecular flexibility index (Phi) is 3.71. The van der Waals surface area contributed by atoms with Gasteiger partial charge in [-0.3, -0.25) is 4.78 Å². The van der Waals surface area contributed by atoms with Gasteiger partial charge in [0.15, 0.2) is 0 Å². The second-order valence-corrected chi connectivity index (χ2v) is 3.34. The Morgan fingerprint density at radius 1 is 1.38 bits per heavy atom. The summed E-state index contributed by atoms with van der Waals surface area (Å²) in [6, 6.07) is 7.72. The van der Waals surface area contributed by atoms with Crippen LogP contribution in [0.4, 0.5) is 0 Å². The smallest absolute Gasteiger partial charge is 0.118 e. The van der Waals surface area contributed by atoms with Crippen LogP contribution in [0.25, 0.3) is 0 Å². The molecule has 0 spiro atoms. The lowest BCUT2D eigenvalue weighted by atomic mass is 10.2. The summed E-state index contributed by atoms with van der Waals surface area (Å²) in [5.74, 6) is 0.858. The van der Waals surface area contributed by atoms with E-state index in [1.807, 2.05) is 31.3 Å². The number of rotatable bonds is 3. The van der Waals surface area contributed by atoms with Crippen LogP contribution >= 0.6 is 9.39 Å². The monoisotopic (exact) mass is 196 g/mol. The van der Waals surface area contributed by atoms with Gasteiger partial charge in [-0.15, -0.1) is 0 Å². The van der Waals surface area contributed by atoms with Crippen LogP contribution in [0.15, 0.2) is 29.4 Å². The van der Waals surface area contributed by atoms with E-state index >= 15 is 0 Å². The maximum Gasteiger partial charge on any atom is 0.118 e. The van der Waals surface area contributed by atoms with Gasteiger partial charge in [0.2, 0.25) is 0 Å². The van der Waals surface area contributed by atoms with Crippen molar-refractivity contribution in [3.8, 4) is 5.75 Å². The molecule has 0 heterocycles. The third-order valence-corrected chi connectivity index (χ3v) is 1.64. The Balaban J connectivity index is 2.69. The van der Waals surface area contributed by atoms with Crippen LogP contribution in [-0.2, 0) is 0 Å². The van der Waals surface area contributed by atoms with Crippen molar-refractivity contribution in [2.75, 3.05) is 14.2 Å². The predicted molar refractivity (Wildman–Crippen MR) is 58.1 cm³/mol. The fourth-order valence-electron chi connectivity index (χ4n) is 0.848. The summed E-state index contributed by atoms with van der Waals surface area (Å²) in [6.07, 6.45) is 1.78. The molecule has 0 aliphatic rings. The van der Waals surface area contributed by atoms with Gasteiger partial charge in [0.05, 0.1) is 13.3 Å². The van der Waals surface area contributed by atoms with Crippen LogP contribution in [0.5, 0.6) is 5.75 Å². The molecule has 0 radical (unpaired) electrons. The Labute approximate surface area is 80.7 Å². The van der Waals surface area contributed by atoms with Crippen LogP contribution in [0, 0.1) is 0 Å². The molecule has 1 rings (SSSR count). The molecule has 70 valence electrons. The SMILES string of the molecule is COc1ccc(/C=N/N(C)P)cc1. The highest BCUT2D eigenvalue weighted by molar-refractivity contribution is 7.13. The van der Waals surface area contributed by atoms with E-state index in [0.29, 0.717) is 0 Å². The number of nitrogens with zero attached hydrogens (tertiary/aromatic N) is 2. The van der Waals surface area contributed by atoms with E-state index in [1.54, 1.807) is 18.1 Å². The lowest BCUT2D eigenvalue weighted by Crippen LogP contribution is -1.93. The summed E-state index contributed by atoms with van der Waals surface area (Å²) >= 11 is 0. The molecule has 13 heavy (non-hydrogen) atoms. The highest BCUT2D eigenvalue weighted by atomic mass is 31.0. The highest BCUT2D eigenvalue weighted by Gasteiger charge is 1.90. The van der Waals surface area contributed by atoms with E-state index in [9.17, 15) is 0 Å². The van der Waals surface area contributed by atoms with Crippen molar-refractivity contribution in [1.82, 2.24) is 4.78 Å². The molecule has 0 bridgehead atoms. The molecule has 0 aromatic heterocycles. The molecule has 0 saturated heterocycles. The number of hydrazone groups is 1. The predicted octanol–water partition coefficient (Wildman–Crippen LogP) is 1.75. The fourth-order valence-corrected chi connectivity index (χ4v) is 0.914. The van der Waals surface area contributed by atoms with Gasteiger partial charge in [0.25, 0.3) is 0 Å². The summed E-state index contributed by atoms with van der Waals surface area (Å²) in [7, 11) is 5.96. The molecule has 0 fully saturated rings. The maximum absolute atomic E-state index is 5.04. The van der Waals surface area contributed by atoms with Gasteiger partial charge >= 0.3 is 0 Å². The summed E-state index contributed by atoms with van der Waals surface area (Å²) in [5, 5.41) is 4.08. The van der Waals surface area contributed by atoms with Gasteiger partial charge in [-0.05, 0) is 39.2 Å². The summed E-state index contributed by atoms with van der Waals surface area (Å²) in [6.45, 7) is 0. The molecule has 0 amide bonds. The second kappa shape index (κ2) is 4.83. The normalized spacial score (nSPS) is 10.4. The average Bonchev–Trinajstić information content (AvgIpc) is 2.15. The minimum absolute atomic E-state index is 0.858. The number of benzene rings is 1. The van der Waals surface area contributed by atoms with Crippen molar-refractivity contribution < 1.29 is 4.74 Å². The van der Waals surface area contributed by atoms with E-state index in [2.05, 4.69) is 14.5 Å². The van der Waals surface area contributed by atoms with Gasteiger partial charge in [-0.1, -0.05) is 0 Å². The first-order valence-corrected chi connectivity index (χ1v) is 4.40. The summed E-state index contributed by atoms with van der Waals surface area (Å²) < 4.78 is 6.71. The zero-order chi connectivity index (χ0) is 9.68. The summed E-state index contributed by atoms with van der Waals surface area (Å²) in [5.41, 5.74) is 1.05. The van der Waals surface area contributed by atoms with Gasteiger partial charge in [0.1, 0.15) is 5.75 Å². The molecule has 1 aromatic carbocycles. The topological polar surface area (TPSA) is 24.8 Å². The first-order valence-electron chi connectivity index (χ1n) is 3.89. The number of methoxy groups -OCH3 is 1. The summed E-state index contributed by atoms with van der Waals surface area (Å²) in [4.78, 5) is 0. The van der Waals surface area contributed by atoms with Crippen molar-refractivity contribution in [2.45, 2.75) is 0 Å². The van der Waals surface area contributed by atoms with Gasteiger partial charge in [0, 0.05) is 7.05 Å². The Hall–Kier alpha value is -1.08. The molecular formula is C9H13N2OP. The highest BCUT2D eigenvalue weighted by Crippen LogP contribution is 2.09. The van der Waals surface area contributed by atoms with Crippen LogP contribution in [-0.4, -0.2) is 25.2 Å². The molecule has 1 aromatic rings. The van der Waals surface area contributed by atoms with Gasteiger partial charge < -0.3 is 4.74 Å². The Morgan fingerprint density at radius 2 is 2.00 bits per heavy atom. The lowest BCUT2D eigenvalue weighted by Gasteiger charge is -2.02. The maximum atomic E-state index is 5.04. The average molecular weight is 196 g/mol. The third-order valence-electron chi connectivity index (χ3n) is 1.50. The van der Waals surface area contributed by atoms with E-state index in [0.717, 1.165) is 11.3 Å². The van der Waals surface area contributed by atoms with Crippen LogP contribution in [0.1, 0.15) is 5.56 Å². The molecular weight excluding hydrogens is 183 g/mol. The molecule has 0 aliphatic heterocycles. The zero-order valence-electron chi connectivity index (χ0n) is 7.77. The molecule has 4 heteroatoms. The number of hydrogen-bond donors (Lipinski definition) is 0. The van der Waals surface area contributed by atoms with Crippen molar-refractivity contribution in [3.05, 3.63) is 29.8 Å². The van der Waals surface area contributed by atoms with Crippen molar-refractivity contribution in [2.24, 2.45) is 5.10 Å². The van der Waals surface area contributed by atoms with E-state index in [4.69, 9.17) is 4.74 Å². The van der Waals surface area contributed by atoms with Gasteiger partial charge in [-0.25, -0.2) is 0 Å². The van der Waals surface area contributed by atoms with Crippen LogP contribution in [0.2, 0.25) is 0 Å². The third kappa shape index (κ3) is 3.43. The molecule has 0 saturated carbocycles. The minimum atomic E-state index is 0.858. The van der Waals surface area contributed by atoms with Crippen LogP contribution in [0.3, 0.4) is 0 Å². The first-order chi connectivity index (χ1) is 6.22. The quantitative estimate of drug-likeness (QED) is 0.418. The standard InChI is InChI=1S/C9H13N2OP/c1-11(13)10-7-8-3-5-9(12-2)6-4-8/h3-7H,13H2,1-2H3/b10-7+. The first kappa shape index (κ1) is 10.0. The van der Waals surface area contributed by atoms with Crippen molar-refractivity contribution >= 4 is 15.6 Å². The molecule has 1 atom stereocenters. The minimum Gasteiger partial charge on any atom is -0.497 e. The van der Waals surface area contributed by atoms with E-state index in [1.165, 1.54) is 0 Å². The van der Waals surface area contributed by atoms with Crippen molar-refractivity contribution in [1.29, 1.82) is 0 Å². The fraction of sp³-hybridized carbons (Fsp3) is 0.222. The molecule has 0 N–H and O–H groups in total. The second-order valence-electron chi connectivity index (χ2n) is 2.59. The number of hydrogen-bond acceptors (Lipinski definition) is 3. The zero-order valence-corrected chi connectivity index (χ0v) is 8.92. The molecule has 3 nitrogen and oxygen atoms in total. The largest absolute Gasteiger partial charge is 0.497 e. The van der Waals surface area contributed by atoms with Crippen molar-refractivity contribution in [3.63, 3.8) is 0 Å². The molecule has 0 aliphatic carbocycles. The van der Waals surface area contributed by atoms with E-state index in [-0.39, 0.29) is 0 Å². The number of ether oxygens (including phenoxy) is 1. The molecule has 1 unspecified atom stereocenters. The van der Waals surface area contributed by atoms with Gasteiger partial charge in [-0.2, -0.15) is 5.10 Å². The Bertz CT molecular complexity index is 282. The van der Waals surface area contributed by atoms with E-state index < -0.39 is 0 Å². The van der Waals surface area contributed by atoms with Crippen LogP contribution < -0.4 is 4.74 Å². The Morgan fingerprint density at radius 3 is 2.46 bits per heavy atom.